The summed E-state index contributed by atoms with van der Waals surface area (Å²) in [6, 6.07) is 11.8. The van der Waals surface area contributed by atoms with Crippen LogP contribution < -0.4 is 10.1 Å². The number of methoxy groups -OCH3 is 1. The van der Waals surface area contributed by atoms with E-state index in [0.717, 1.165) is 5.56 Å². The number of nitrogens with one attached hydrogen (secondary N) is 1. The maximum Gasteiger partial charge on any atom is 0.305 e. The van der Waals surface area contributed by atoms with Crippen LogP contribution in [-0.2, 0) is 9.59 Å². The molecule has 0 saturated heterocycles. The Bertz CT molecular complexity index is 728. The number of amides is 1. The van der Waals surface area contributed by atoms with Crippen molar-refractivity contribution in [3.8, 4) is 5.75 Å². The zero-order chi connectivity index (χ0) is 18.4. The van der Waals surface area contributed by atoms with Crippen molar-refractivity contribution < 1.29 is 23.8 Å². The minimum absolute atomic E-state index is 0.285. The van der Waals surface area contributed by atoms with E-state index in [9.17, 15) is 14.0 Å². The number of rotatable bonds is 7. The van der Waals surface area contributed by atoms with Crippen molar-refractivity contribution in [2.45, 2.75) is 25.3 Å². The highest BCUT2D eigenvalue weighted by Crippen LogP contribution is 2.22. The third-order valence-corrected chi connectivity index (χ3v) is 3.98. The predicted octanol–water partition coefficient (Wildman–Crippen LogP) is 3.27. The summed E-state index contributed by atoms with van der Waals surface area (Å²) in [5, 5.41) is 11.8. The first kappa shape index (κ1) is 18.4. The summed E-state index contributed by atoms with van der Waals surface area (Å²) in [5.74, 6) is -1.56. The van der Waals surface area contributed by atoms with Gasteiger partial charge < -0.3 is 15.2 Å². The monoisotopic (exact) mass is 345 g/mol. The number of benzene rings is 2. The van der Waals surface area contributed by atoms with E-state index in [-0.39, 0.29) is 12.3 Å². The second-order valence-corrected chi connectivity index (χ2v) is 5.71. The van der Waals surface area contributed by atoms with Crippen molar-refractivity contribution in [2.24, 2.45) is 0 Å². The molecule has 0 aromatic heterocycles. The molecule has 0 bridgehead atoms. The van der Waals surface area contributed by atoms with Crippen LogP contribution in [0.2, 0.25) is 0 Å². The van der Waals surface area contributed by atoms with Gasteiger partial charge in [0.15, 0.2) is 0 Å². The normalized spacial score (nSPS) is 12.9. The van der Waals surface area contributed by atoms with Gasteiger partial charge in [-0.1, -0.05) is 24.3 Å². The van der Waals surface area contributed by atoms with Crippen LogP contribution in [0.4, 0.5) is 4.39 Å². The number of carboxylic acids is 1. The molecule has 0 fully saturated rings. The highest BCUT2D eigenvalue weighted by molar-refractivity contribution is 5.84. The minimum atomic E-state index is -1.05. The average molecular weight is 345 g/mol. The summed E-state index contributed by atoms with van der Waals surface area (Å²) in [7, 11) is 1.56. The molecule has 0 aliphatic rings. The maximum absolute atomic E-state index is 13.1. The Hall–Kier alpha value is -2.89. The molecule has 6 heteroatoms. The molecule has 2 unspecified atom stereocenters. The number of ether oxygens (including phenoxy) is 1. The Balaban J connectivity index is 2.14. The molecule has 25 heavy (non-hydrogen) atoms. The average Bonchev–Trinajstić information content (AvgIpc) is 2.60. The molecule has 5 nitrogen and oxygen atoms in total. The molecule has 2 aromatic carbocycles. The smallest absolute Gasteiger partial charge is 0.305 e. The Morgan fingerprint density at radius 2 is 1.64 bits per heavy atom. The van der Waals surface area contributed by atoms with E-state index < -0.39 is 23.7 Å². The number of carbonyl (C=O) groups is 2. The van der Waals surface area contributed by atoms with E-state index in [0.29, 0.717) is 11.3 Å². The molecular weight excluding hydrogens is 325 g/mol. The van der Waals surface area contributed by atoms with Gasteiger partial charge in [0.2, 0.25) is 5.91 Å². The third-order valence-electron chi connectivity index (χ3n) is 3.98. The third kappa shape index (κ3) is 5.04. The van der Waals surface area contributed by atoms with Crippen LogP contribution in [0, 0.1) is 5.82 Å². The van der Waals surface area contributed by atoms with Crippen molar-refractivity contribution >= 4 is 11.9 Å². The first-order valence-electron chi connectivity index (χ1n) is 7.82. The summed E-state index contributed by atoms with van der Waals surface area (Å²) in [6.07, 6.45) is -0.285. The van der Waals surface area contributed by atoms with E-state index in [4.69, 9.17) is 9.84 Å². The molecule has 2 N–H and O–H groups in total. The largest absolute Gasteiger partial charge is 0.497 e. The van der Waals surface area contributed by atoms with Gasteiger partial charge in [0.1, 0.15) is 11.6 Å². The van der Waals surface area contributed by atoms with Crippen molar-refractivity contribution in [2.75, 3.05) is 7.11 Å². The zero-order valence-corrected chi connectivity index (χ0v) is 14.0. The molecule has 0 heterocycles. The second-order valence-electron chi connectivity index (χ2n) is 5.71. The van der Waals surface area contributed by atoms with Gasteiger partial charge in [0.25, 0.3) is 0 Å². The molecule has 0 aliphatic carbocycles. The second kappa shape index (κ2) is 8.28. The molecular formula is C19H20FNO4. The summed E-state index contributed by atoms with van der Waals surface area (Å²) in [6.45, 7) is 1.74. The van der Waals surface area contributed by atoms with Crippen LogP contribution >= 0.6 is 0 Å². The molecule has 0 radical (unpaired) electrons. The fourth-order valence-electron chi connectivity index (χ4n) is 2.46. The fraction of sp³-hybridized carbons (Fsp3) is 0.263. The van der Waals surface area contributed by atoms with E-state index in [1.165, 1.54) is 24.3 Å². The molecule has 2 atom stereocenters. The standard InChI is InChI=1S/C19H20FNO4/c1-12(13-5-9-16(25-2)10-6-13)19(24)21-17(11-18(22)23)14-3-7-15(20)8-4-14/h3-10,12,17H,11H2,1-2H3,(H,21,24)(H,22,23). The van der Waals surface area contributed by atoms with Gasteiger partial charge in [-0.25, -0.2) is 4.39 Å². The molecule has 132 valence electrons. The first-order chi connectivity index (χ1) is 11.9. The summed E-state index contributed by atoms with van der Waals surface area (Å²) in [4.78, 5) is 23.6. The molecule has 2 rings (SSSR count). The van der Waals surface area contributed by atoms with Gasteiger partial charge in [-0.2, -0.15) is 0 Å². The molecule has 0 spiro atoms. The number of aliphatic carboxylic acids is 1. The Kier molecular flexibility index (Phi) is 6.11. The SMILES string of the molecule is COc1ccc(C(C)C(=O)NC(CC(=O)O)c2ccc(F)cc2)cc1. The van der Waals surface area contributed by atoms with E-state index >= 15 is 0 Å². The Labute approximate surface area is 145 Å². The first-order valence-corrected chi connectivity index (χ1v) is 7.82. The highest BCUT2D eigenvalue weighted by atomic mass is 19.1. The predicted molar refractivity (Wildman–Crippen MR) is 90.9 cm³/mol. The van der Waals surface area contributed by atoms with Crippen molar-refractivity contribution in [1.82, 2.24) is 5.32 Å². The Morgan fingerprint density at radius 3 is 2.16 bits per heavy atom. The van der Waals surface area contributed by atoms with Gasteiger partial charge in [0, 0.05) is 0 Å². The van der Waals surface area contributed by atoms with Gasteiger partial charge in [-0.3, -0.25) is 9.59 Å². The quantitative estimate of drug-likeness (QED) is 0.807. The topological polar surface area (TPSA) is 75.6 Å². The molecule has 1 amide bonds. The van der Waals surface area contributed by atoms with Crippen LogP contribution in [0.15, 0.2) is 48.5 Å². The summed E-state index contributed by atoms with van der Waals surface area (Å²) >= 11 is 0. The minimum Gasteiger partial charge on any atom is -0.497 e. The molecule has 2 aromatic rings. The highest BCUT2D eigenvalue weighted by Gasteiger charge is 2.22. The molecule has 0 saturated carbocycles. The number of halogens is 1. The van der Waals surface area contributed by atoms with Crippen LogP contribution in [0.3, 0.4) is 0 Å². The van der Waals surface area contributed by atoms with Crippen molar-refractivity contribution in [3.63, 3.8) is 0 Å². The summed E-state index contributed by atoms with van der Waals surface area (Å²) < 4.78 is 18.2. The Morgan fingerprint density at radius 1 is 1.08 bits per heavy atom. The summed E-state index contributed by atoms with van der Waals surface area (Å²) in [5.41, 5.74) is 1.32. The van der Waals surface area contributed by atoms with Gasteiger partial charge in [-0.15, -0.1) is 0 Å². The molecule has 0 aliphatic heterocycles. The van der Waals surface area contributed by atoms with Crippen molar-refractivity contribution in [1.29, 1.82) is 0 Å². The lowest BCUT2D eigenvalue weighted by Crippen LogP contribution is -2.33. The number of hydrogen-bond acceptors (Lipinski definition) is 3. The van der Waals surface area contributed by atoms with E-state index in [1.807, 2.05) is 0 Å². The van der Waals surface area contributed by atoms with E-state index in [2.05, 4.69) is 5.32 Å². The maximum atomic E-state index is 13.1. The number of carbonyl (C=O) groups excluding carboxylic acids is 1. The lowest BCUT2D eigenvalue weighted by Gasteiger charge is -2.20. The van der Waals surface area contributed by atoms with Crippen LogP contribution in [0.25, 0.3) is 0 Å². The van der Waals surface area contributed by atoms with Crippen LogP contribution in [-0.4, -0.2) is 24.1 Å². The fourth-order valence-corrected chi connectivity index (χ4v) is 2.46. The zero-order valence-electron chi connectivity index (χ0n) is 14.0. The van der Waals surface area contributed by atoms with Gasteiger partial charge in [0.05, 0.1) is 25.5 Å². The number of hydrogen-bond donors (Lipinski definition) is 2. The van der Waals surface area contributed by atoms with E-state index in [1.54, 1.807) is 38.3 Å². The lowest BCUT2D eigenvalue weighted by atomic mass is 9.98. The van der Waals surface area contributed by atoms with Crippen LogP contribution in [0.1, 0.15) is 36.4 Å². The lowest BCUT2D eigenvalue weighted by molar-refractivity contribution is -0.137. The van der Waals surface area contributed by atoms with Crippen LogP contribution in [0.5, 0.6) is 5.75 Å². The van der Waals surface area contributed by atoms with Gasteiger partial charge in [-0.05, 0) is 42.3 Å². The number of carboxylic acid groups (broad SMARTS) is 1. The van der Waals surface area contributed by atoms with Gasteiger partial charge >= 0.3 is 5.97 Å². The van der Waals surface area contributed by atoms with Crippen molar-refractivity contribution in [3.05, 3.63) is 65.5 Å².